The van der Waals surface area contributed by atoms with Crippen LogP contribution < -0.4 is 0 Å². The van der Waals surface area contributed by atoms with E-state index in [1.807, 2.05) is 19.1 Å². The minimum Gasteiger partial charge on any atom is -0.394 e. The highest BCUT2D eigenvalue weighted by Crippen LogP contribution is 2.42. The first kappa shape index (κ1) is 21.3. The van der Waals surface area contributed by atoms with Crippen LogP contribution in [0.15, 0.2) is 42.5 Å². The van der Waals surface area contributed by atoms with Gasteiger partial charge in [0.1, 0.15) is 0 Å². The third-order valence-electron chi connectivity index (χ3n) is 6.12. The molecule has 0 spiro atoms. The summed E-state index contributed by atoms with van der Waals surface area (Å²) >= 11 is 6.63. The largest absolute Gasteiger partial charge is 0.394 e. The molecule has 3 rings (SSSR count). The van der Waals surface area contributed by atoms with E-state index in [1.54, 1.807) is 0 Å². The van der Waals surface area contributed by atoms with Crippen LogP contribution in [0.4, 0.5) is 0 Å². The molecule has 2 aromatic rings. The molecule has 0 aliphatic carbocycles. The Hall–Kier alpha value is -1.39. The molecule has 28 heavy (non-hydrogen) atoms. The third-order valence-corrected chi connectivity index (χ3v) is 6.45. The quantitative estimate of drug-likeness (QED) is 0.741. The van der Waals surface area contributed by atoms with Gasteiger partial charge in [-0.25, -0.2) is 0 Å². The van der Waals surface area contributed by atoms with Crippen molar-refractivity contribution in [1.29, 1.82) is 0 Å². The number of hydrogen-bond acceptors (Lipinski definition) is 3. The van der Waals surface area contributed by atoms with E-state index in [-0.39, 0.29) is 18.1 Å². The highest BCUT2D eigenvalue weighted by Gasteiger charge is 2.39. The summed E-state index contributed by atoms with van der Waals surface area (Å²) in [5.41, 5.74) is 3.58. The van der Waals surface area contributed by atoms with Crippen LogP contribution in [0.3, 0.4) is 0 Å². The number of benzene rings is 2. The second-order valence-corrected chi connectivity index (χ2v) is 9.02. The number of hydrogen-bond donors (Lipinski definition) is 2. The number of rotatable bonds is 5. The van der Waals surface area contributed by atoms with Gasteiger partial charge in [-0.3, -0.25) is 0 Å². The Kier molecular flexibility index (Phi) is 6.21. The van der Waals surface area contributed by atoms with Gasteiger partial charge in [-0.2, -0.15) is 0 Å². The number of aliphatic hydroxyl groups is 2. The summed E-state index contributed by atoms with van der Waals surface area (Å²) in [4.78, 5) is 0. The van der Waals surface area contributed by atoms with Gasteiger partial charge in [-0.1, -0.05) is 68.8 Å². The zero-order valence-electron chi connectivity index (χ0n) is 17.2. The number of aryl methyl sites for hydroxylation is 1. The lowest BCUT2D eigenvalue weighted by molar-refractivity contribution is -0.169. The monoisotopic (exact) mass is 402 g/mol. The maximum atomic E-state index is 10.3. The second kappa shape index (κ2) is 8.16. The first-order valence-electron chi connectivity index (χ1n) is 10.1. The lowest BCUT2D eigenvalue weighted by Gasteiger charge is -2.41. The standard InChI is InChI=1S/C24H31ClO3/c1-5-16-6-8-17(9-7-16)23(2,3)21-12-18(10-11-22(21)25)24(4)14-19(27)13-20(15-26)28-24/h6-12,19-20,26-27H,5,13-15H2,1-4H3/t19?,20?,24-/m1/s1. The molecule has 3 nitrogen and oxygen atoms in total. The maximum Gasteiger partial charge on any atom is 0.0933 e. The Morgan fingerprint density at radius 2 is 1.86 bits per heavy atom. The van der Waals surface area contributed by atoms with Crippen molar-refractivity contribution in [1.82, 2.24) is 0 Å². The molecule has 1 aliphatic heterocycles. The van der Waals surface area contributed by atoms with Gasteiger partial charge < -0.3 is 14.9 Å². The first-order chi connectivity index (χ1) is 13.2. The van der Waals surface area contributed by atoms with Gasteiger partial charge in [0.25, 0.3) is 0 Å². The highest BCUT2D eigenvalue weighted by atomic mass is 35.5. The van der Waals surface area contributed by atoms with Gasteiger partial charge in [0.05, 0.1) is 24.4 Å². The molecule has 1 aliphatic rings. The van der Waals surface area contributed by atoms with Crippen molar-refractivity contribution < 1.29 is 14.9 Å². The zero-order chi connectivity index (χ0) is 20.5. The summed E-state index contributed by atoms with van der Waals surface area (Å²) in [6, 6.07) is 14.7. The molecule has 0 saturated carbocycles. The van der Waals surface area contributed by atoms with Crippen LogP contribution in [0.1, 0.15) is 62.8 Å². The van der Waals surface area contributed by atoms with Crippen molar-refractivity contribution in [2.75, 3.05) is 6.61 Å². The number of halogens is 1. The Morgan fingerprint density at radius 1 is 1.18 bits per heavy atom. The number of aliphatic hydroxyl groups excluding tert-OH is 2. The molecule has 0 bridgehead atoms. The van der Waals surface area contributed by atoms with Crippen LogP contribution >= 0.6 is 11.6 Å². The van der Waals surface area contributed by atoms with Crippen LogP contribution in [0.2, 0.25) is 5.02 Å². The van der Waals surface area contributed by atoms with Gasteiger partial charge in [-0.05, 0) is 41.7 Å². The van der Waals surface area contributed by atoms with Crippen molar-refractivity contribution in [3.05, 3.63) is 69.7 Å². The number of ether oxygens (including phenoxy) is 1. The van der Waals surface area contributed by atoms with Crippen molar-refractivity contribution in [2.45, 2.75) is 70.2 Å². The molecule has 2 unspecified atom stereocenters. The molecule has 1 heterocycles. The maximum absolute atomic E-state index is 10.3. The fourth-order valence-electron chi connectivity index (χ4n) is 4.24. The van der Waals surface area contributed by atoms with E-state index in [4.69, 9.17) is 16.3 Å². The molecule has 0 radical (unpaired) electrons. The average Bonchev–Trinajstić information content (AvgIpc) is 2.67. The molecule has 1 fully saturated rings. The van der Waals surface area contributed by atoms with E-state index >= 15 is 0 Å². The summed E-state index contributed by atoms with van der Waals surface area (Å²) in [6.07, 6.45) is 1.12. The van der Waals surface area contributed by atoms with Gasteiger partial charge in [0.15, 0.2) is 0 Å². The minimum absolute atomic E-state index is 0.0949. The van der Waals surface area contributed by atoms with Gasteiger partial charge in [0.2, 0.25) is 0 Å². The summed E-state index contributed by atoms with van der Waals surface area (Å²) in [7, 11) is 0. The van der Waals surface area contributed by atoms with Gasteiger partial charge >= 0.3 is 0 Å². The lowest BCUT2D eigenvalue weighted by Crippen LogP contribution is -2.43. The van der Waals surface area contributed by atoms with Gasteiger partial charge in [0, 0.05) is 23.3 Å². The van der Waals surface area contributed by atoms with Crippen molar-refractivity contribution in [3.8, 4) is 0 Å². The molecular formula is C24H31ClO3. The van der Waals surface area contributed by atoms with E-state index in [2.05, 4.69) is 51.1 Å². The molecular weight excluding hydrogens is 372 g/mol. The third kappa shape index (κ3) is 4.13. The van der Waals surface area contributed by atoms with E-state index in [9.17, 15) is 10.2 Å². The van der Waals surface area contributed by atoms with E-state index < -0.39 is 11.7 Å². The van der Waals surface area contributed by atoms with E-state index in [0.717, 1.165) is 17.5 Å². The zero-order valence-corrected chi connectivity index (χ0v) is 18.0. The minimum atomic E-state index is -0.660. The Balaban J connectivity index is 2.00. The molecule has 0 amide bonds. The fourth-order valence-corrected chi connectivity index (χ4v) is 4.60. The highest BCUT2D eigenvalue weighted by molar-refractivity contribution is 6.31. The Morgan fingerprint density at radius 3 is 2.46 bits per heavy atom. The van der Waals surface area contributed by atoms with Crippen LogP contribution in [0.25, 0.3) is 0 Å². The fraction of sp³-hybridized carbons (Fsp3) is 0.500. The van der Waals surface area contributed by atoms with E-state index in [1.165, 1.54) is 11.1 Å². The van der Waals surface area contributed by atoms with Gasteiger partial charge in [-0.15, -0.1) is 0 Å². The normalized spacial score (nSPS) is 25.7. The SMILES string of the molecule is CCc1ccc(C(C)(C)c2cc([C@@]3(C)CC(O)CC(CO)O3)ccc2Cl)cc1. The lowest BCUT2D eigenvalue weighted by atomic mass is 9.75. The molecule has 0 aromatic heterocycles. The van der Waals surface area contributed by atoms with Crippen molar-refractivity contribution >= 4 is 11.6 Å². The Labute approximate surface area is 173 Å². The van der Waals surface area contributed by atoms with Crippen LogP contribution in [0, 0.1) is 0 Å². The van der Waals surface area contributed by atoms with Crippen LogP contribution in [-0.4, -0.2) is 29.0 Å². The average molecular weight is 403 g/mol. The predicted molar refractivity (Wildman–Crippen MR) is 114 cm³/mol. The van der Waals surface area contributed by atoms with Crippen molar-refractivity contribution in [2.24, 2.45) is 0 Å². The molecule has 4 heteroatoms. The topological polar surface area (TPSA) is 49.7 Å². The molecule has 152 valence electrons. The molecule has 1 saturated heterocycles. The van der Waals surface area contributed by atoms with E-state index in [0.29, 0.717) is 17.9 Å². The van der Waals surface area contributed by atoms with Crippen LogP contribution in [0.5, 0.6) is 0 Å². The summed E-state index contributed by atoms with van der Waals surface area (Å²) < 4.78 is 6.17. The smallest absolute Gasteiger partial charge is 0.0933 e. The van der Waals surface area contributed by atoms with Crippen molar-refractivity contribution in [3.63, 3.8) is 0 Å². The molecule has 3 atom stereocenters. The Bertz CT molecular complexity index is 815. The predicted octanol–water partition coefficient (Wildman–Crippen LogP) is 4.98. The summed E-state index contributed by atoms with van der Waals surface area (Å²) in [6.45, 7) is 8.39. The summed E-state index contributed by atoms with van der Waals surface area (Å²) in [5, 5.41) is 20.6. The second-order valence-electron chi connectivity index (χ2n) is 8.62. The first-order valence-corrected chi connectivity index (χ1v) is 10.4. The van der Waals surface area contributed by atoms with Crippen LogP contribution in [-0.2, 0) is 22.2 Å². The summed E-state index contributed by atoms with van der Waals surface area (Å²) in [5.74, 6) is 0. The molecule has 2 aromatic carbocycles. The molecule has 2 N–H and O–H groups in total.